The quantitative estimate of drug-likeness (QED) is 0.645. The molecule has 0 aromatic heterocycles. The predicted molar refractivity (Wildman–Crippen MR) is 71.3 cm³/mol. The van der Waals surface area contributed by atoms with Gasteiger partial charge in [-0.05, 0) is 13.3 Å². The zero-order chi connectivity index (χ0) is 15.4. The van der Waals surface area contributed by atoms with Crippen molar-refractivity contribution in [3.63, 3.8) is 0 Å². The molecule has 0 radical (unpaired) electrons. The molecule has 6 nitrogen and oxygen atoms in total. The number of hydrogen-bond acceptors (Lipinski definition) is 5. The average Bonchev–Trinajstić information content (AvgIpc) is 2.93. The topological polar surface area (TPSA) is 73.6 Å². The number of nitrogens with one attached hydrogen (secondary N) is 1. The number of anilines is 1. The zero-order valence-electron chi connectivity index (χ0n) is 11.5. The van der Waals surface area contributed by atoms with Gasteiger partial charge in [0.2, 0.25) is 0 Å². The van der Waals surface area contributed by atoms with E-state index >= 15 is 0 Å². The van der Waals surface area contributed by atoms with Crippen molar-refractivity contribution in [1.29, 1.82) is 0 Å². The van der Waals surface area contributed by atoms with Crippen LogP contribution in [0.5, 0.6) is 0 Å². The lowest BCUT2D eigenvalue weighted by atomic mass is 10.2. The number of nitro benzene ring substituents is 1. The Hall–Kier alpha value is -1.80. The van der Waals surface area contributed by atoms with E-state index in [1.165, 1.54) is 0 Å². The molecule has 1 aliphatic rings. The molecule has 116 valence electrons. The van der Waals surface area contributed by atoms with Gasteiger partial charge >= 0.3 is 0 Å². The number of non-ortho nitro benzene ring substituents is 1. The molecular weight excluding hydrogens is 286 g/mol. The summed E-state index contributed by atoms with van der Waals surface area (Å²) in [6, 6.07) is 1.02. The summed E-state index contributed by atoms with van der Waals surface area (Å²) >= 11 is 0. The summed E-state index contributed by atoms with van der Waals surface area (Å²) < 4.78 is 38.1. The van der Waals surface area contributed by atoms with Crippen molar-refractivity contribution >= 4 is 11.4 Å². The lowest BCUT2D eigenvalue weighted by Gasteiger charge is -2.18. The van der Waals surface area contributed by atoms with Crippen molar-refractivity contribution in [3.8, 4) is 0 Å². The van der Waals surface area contributed by atoms with Gasteiger partial charge in [0.15, 0.2) is 11.6 Å². The van der Waals surface area contributed by atoms with Crippen LogP contribution in [0.2, 0.25) is 0 Å². The van der Waals surface area contributed by atoms with Crippen molar-refractivity contribution in [3.05, 3.63) is 33.9 Å². The third-order valence-electron chi connectivity index (χ3n) is 3.10. The summed E-state index contributed by atoms with van der Waals surface area (Å²) in [4.78, 5) is 9.66. The molecule has 0 aliphatic carbocycles. The number of nitro groups is 1. The van der Waals surface area contributed by atoms with Gasteiger partial charge in [-0.15, -0.1) is 0 Å². The standard InChI is InChI=1S/C13H16F2N2O4/c1-8(6-21-10-2-3-20-7-10)16-13-11(14)4-9(17(18)19)5-12(13)15/h4-5,8,10,16H,2-3,6-7H2,1H3/t8-,10-/m1/s1. The van der Waals surface area contributed by atoms with Crippen LogP contribution in [-0.2, 0) is 9.47 Å². The van der Waals surface area contributed by atoms with Crippen LogP contribution in [0.25, 0.3) is 0 Å². The average molecular weight is 302 g/mol. The third kappa shape index (κ3) is 4.08. The highest BCUT2D eigenvalue weighted by Gasteiger charge is 2.20. The van der Waals surface area contributed by atoms with Crippen molar-refractivity contribution in [2.24, 2.45) is 0 Å². The maximum atomic E-state index is 13.7. The first-order valence-electron chi connectivity index (χ1n) is 6.56. The van der Waals surface area contributed by atoms with Gasteiger partial charge in [0, 0.05) is 12.6 Å². The summed E-state index contributed by atoms with van der Waals surface area (Å²) in [7, 11) is 0. The smallest absolute Gasteiger partial charge is 0.275 e. The fourth-order valence-electron chi connectivity index (χ4n) is 2.02. The predicted octanol–water partition coefficient (Wildman–Crippen LogP) is 2.48. The van der Waals surface area contributed by atoms with Crippen LogP contribution in [0.3, 0.4) is 0 Å². The first-order chi connectivity index (χ1) is 9.97. The molecule has 0 unspecified atom stereocenters. The minimum atomic E-state index is -1.00. The molecule has 0 spiro atoms. The maximum absolute atomic E-state index is 13.7. The molecule has 1 aromatic carbocycles. The molecule has 1 N–H and O–H groups in total. The monoisotopic (exact) mass is 302 g/mol. The molecule has 1 saturated heterocycles. The van der Waals surface area contributed by atoms with Crippen LogP contribution in [0.1, 0.15) is 13.3 Å². The molecule has 2 rings (SSSR count). The Morgan fingerprint density at radius 3 is 2.71 bits per heavy atom. The fraction of sp³-hybridized carbons (Fsp3) is 0.538. The molecule has 21 heavy (non-hydrogen) atoms. The highest BCUT2D eigenvalue weighted by Crippen LogP contribution is 2.25. The van der Waals surface area contributed by atoms with E-state index in [2.05, 4.69) is 5.32 Å². The second-order valence-corrected chi connectivity index (χ2v) is 4.91. The van der Waals surface area contributed by atoms with Crippen molar-refractivity contribution in [1.82, 2.24) is 0 Å². The summed E-state index contributed by atoms with van der Waals surface area (Å²) in [6.07, 6.45) is 0.799. The van der Waals surface area contributed by atoms with Crippen LogP contribution in [0.4, 0.5) is 20.2 Å². The molecule has 1 fully saturated rings. The molecular formula is C13H16F2N2O4. The van der Waals surface area contributed by atoms with Gasteiger partial charge in [-0.1, -0.05) is 0 Å². The van der Waals surface area contributed by atoms with Crippen LogP contribution in [0, 0.1) is 21.7 Å². The molecule has 0 amide bonds. The molecule has 0 bridgehead atoms. The Kier molecular flexibility index (Phi) is 5.03. The normalized spacial score (nSPS) is 19.5. The van der Waals surface area contributed by atoms with Crippen LogP contribution in [0.15, 0.2) is 12.1 Å². The zero-order valence-corrected chi connectivity index (χ0v) is 11.5. The van der Waals surface area contributed by atoms with Crippen LogP contribution >= 0.6 is 0 Å². The Labute approximate surface area is 120 Å². The number of hydrogen-bond donors (Lipinski definition) is 1. The van der Waals surface area contributed by atoms with E-state index in [0.717, 1.165) is 6.42 Å². The molecule has 1 aromatic rings. The van der Waals surface area contributed by atoms with E-state index in [1.807, 2.05) is 0 Å². The van der Waals surface area contributed by atoms with E-state index in [4.69, 9.17) is 9.47 Å². The summed E-state index contributed by atoms with van der Waals surface area (Å²) in [6.45, 7) is 3.13. The Balaban J connectivity index is 1.96. The van der Waals surface area contributed by atoms with Gasteiger partial charge in [0.1, 0.15) is 5.69 Å². The first-order valence-corrected chi connectivity index (χ1v) is 6.56. The lowest BCUT2D eigenvalue weighted by molar-refractivity contribution is -0.385. The number of ether oxygens (including phenoxy) is 2. The number of rotatable bonds is 6. The van der Waals surface area contributed by atoms with Crippen molar-refractivity contribution in [2.75, 3.05) is 25.1 Å². The van der Waals surface area contributed by atoms with Crippen LogP contribution < -0.4 is 5.32 Å². The second-order valence-electron chi connectivity index (χ2n) is 4.91. The molecule has 1 aliphatic heterocycles. The van der Waals surface area contributed by atoms with E-state index in [-0.39, 0.29) is 24.4 Å². The largest absolute Gasteiger partial charge is 0.379 e. The number of halogens is 2. The first kappa shape index (κ1) is 15.6. The summed E-state index contributed by atoms with van der Waals surface area (Å²) in [5.74, 6) is -2.00. The minimum Gasteiger partial charge on any atom is -0.379 e. The van der Waals surface area contributed by atoms with Gasteiger partial charge in [0.05, 0.1) is 36.4 Å². The summed E-state index contributed by atoms with van der Waals surface area (Å²) in [5.41, 5.74) is -1.01. The van der Waals surface area contributed by atoms with Crippen molar-refractivity contribution in [2.45, 2.75) is 25.5 Å². The van der Waals surface area contributed by atoms with Gasteiger partial charge in [-0.3, -0.25) is 10.1 Å². The maximum Gasteiger partial charge on any atom is 0.275 e. The molecule has 8 heteroatoms. The third-order valence-corrected chi connectivity index (χ3v) is 3.10. The van der Waals surface area contributed by atoms with Gasteiger partial charge in [-0.2, -0.15) is 0 Å². The Morgan fingerprint density at radius 2 is 2.19 bits per heavy atom. The Bertz CT molecular complexity index is 498. The lowest BCUT2D eigenvalue weighted by Crippen LogP contribution is -2.26. The van der Waals surface area contributed by atoms with Crippen LogP contribution in [-0.4, -0.2) is 36.9 Å². The highest BCUT2D eigenvalue weighted by atomic mass is 19.1. The van der Waals surface area contributed by atoms with E-state index in [9.17, 15) is 18.9 Å². The number of nitrogens with zero attached hydrogens (tertiary/aromatic N) is 1. The second kappa shape index (κ2) is 6.77. The van der Waals surface area contributed by atoms with E-state index in [0.29, 0.717) is 25.3 Å². The fourth-order valence-corrected chi connectivity index (χ4v) is 2.02. The van der Waals surface area contributed by atoms with Gasteiger partial charge < -0.3 is 14.8 Å². The highest BCUT2D eigenvalue weighted by molar-refractivity contribution is 5.52. The Morgan fingerprint density at radius 1 is 1.52 bits per heavy atom. The van der Waals surface area contributed by atoms with Crippen molar-refractivity contribution < 1.29 is 23.2 Å². The van der Waals surface area contributed by atoms with E-state index < -0.39 is 22.2 Å². The van der Waals surface area contributed by atoms with Gasteiger partial charge in [-0.25, -0.2) is 8.78 Å². The molecule has 0 saturated carbocycles. The molecule has 2 atom stereocenters. The molecule has 1 heterocycles. The number of benzene rings is 1. The van der Waals surface area contributed by atoms with E-state index in [1.54, 1.807) is 6.92 Å². The van der Waals surface area contributed by atoms with Gasteiger partial charge in [0.25, 0.3) is 5.69 Å². The SMILES string of the molecule is C[C@H](CO[C@@H]1CCOC1)Nc1c(F)cc([N+](=O)[O-])cc1F. The minimum absolute atomic E-state index is 0.000745. The summed E-state index contributed by atoms with van der Waals surface area (Å²) in [5, 5.41) is 13.1.